The lowest BCUT2D eigenvalue weighted by Crippen LogP contribution is -2.33. The van der Waals surface area contributed by atoms with Gasteiger partial charge in [0.05, 0.1) is 6.26 Å². The molecule has 13 heavy (non-hydrogen) atoms. The predicted molar refractivity (Wildman–Crippen MR) is 56.6 cm³/mol. The van der Waals surface area contributed by atoms with Crippen LogP contribution in [0.3, 0.4) is 0 Å². The number of hydrogen-bond donors (Lipinski definition) is 1. The monoisotopic (exact) mass is 227 g/mol. The molecule has 0 aliphatic rings. The van der Waals surface area contributed by atoms with Gasteiger partial charge in [-0.05, 0) is 18.3 Å². The SMILES string of the molecule is CC(C)(CCCCl)CNS(C)(=O)=O. The highest BCUT2D eigenvalue weighted by molar-refractivity contribution is 7.88. The Morgan fingerprint density at radius 1 is 1.38 bits per heavy atom. The normalized spacial score (nSPS) is 13.2. The van der Waals surface area contributed by atoms with E-state index in [9.17, 15) is 8.42 Å². The molecular formula is C8H18ClNO2S. The molecule has 0 heterocycles. The third-order valence-corrected chi connectivity index (χ3v) is 2.74. The zero-order valence-corrected chi connectivity index (χ0v) is 10.0. The van der Waals surface area contributed by atoms with Gasteiger partial charge in [-0.2, -0.15) is 0 Å². The fraction of sp³-hybridized carbons (Fsp3) is 1.00. The molecule has 0 aromatic heterocycles. The molecule has 0 aromatic rings. The van der Waals surface area contributed by atoms with E-state index in [1.165, 1.54) is 6.26 Å². The van der Waals surface area contributed by atoms with Gasteiger partial charge in [-0.1, -0.05) is 13.8 Å². The van der Waals surface area contributed by atoms with Crippen molar-refractivity contribution in [3.63, 3.8) is 0 Å². The van der Waals surface area contributed by atoms with Crippen molar-refractivity contribution in [1.29, 1.82) is 0 Å². The fourth-order valence-electron chi connectivity index (χ4n) is 0.960. The maximum Gasteiger partial charge on any atom is 0.208 e. The fourth-order valence-corrected chi connectivity index (χ4v) is 1.75. The molecule has 0 unspecified atom stereocenters. The average molecular weight is 228 g/mol. The molecule has 0 radical (unpaired) electrons. The van der Waals surface area contributed by atoms with Gasteiger partial charge in [0, 0.05) is 12.4 Å². The molecule has 0 rings (SSSR count). The lowest BCUT2D eigenvalue weighted by molar-refractivity contribution is 0.332. The highest BCUT2D eigenvalue weighted by Crippen LogP contribution is 2.21. The maximum absolute atomic E-state index is 10.8. The minimum absolute atomic E-state index is 0.0159. The molecule has 0 saturated heterocycles. The van der Waals surface area contributed by atoms with Crippen molar-refractivity contribution < 1.29 is 8.42 Å². The number of nitrogens with one attached hydrogen (secondary N) is 1. The molecule has 5 heteroatoms. The first kappa shape index (κ1) is 13.2. The second kappa shape index (κ2) is 5.17. The number of halogens is 1. The Morgan fingerprint density at radius 2 is 1.92 bits per heavy atom. The summed E-state index contributed by atoms with van der Waals surface area (Å²) in [5, 5.41) is 0. The minimum atomic E-state index is -3.07. The van der Waals surface area contributed by atoms with Crippen LogP contribution in [0.5, 0.6) is 0 Å². The van der Waals surface area contributed by atoms with E-state index in [4.69, 9.17) is 11.6 Å². The summed E-state index contributed by atoms with van der Waals surface area (Å²) in [4.78, 5) is 0. The second-order valence-electron chi connectivity index (χ2n) is 4.05. The highest BCUT2D eigenvalue weighted by Gasteiger charge is 2.18. The van der Waals surface area contributed by atoms with E-state index in [-0.39, 0.29) is 5.41 Å². The Labute approximate surface area is 85.9 Å². The molecule has 1 N–H and O–H groups in total. The van der Waals surface area contributed by atoms with E-state index < -0.39 is 10.0 Å². The van der Waals surface area contributed by atoms with Gasteiger partial charge in [0.1, 0.15) is 0 Å². The maximum atomic E-state index is 10.8. The summed E-state index contributed by atoms with van der Waals surface area (Å²) >= 11 is 5.56. The molecular weight excluding hydrogens is 210 g/mol. The van der Waals surface area contributed by atoms with Crippen molar-refractivity contribution >= 4 is 21.6 Å². The topological polar surface area (TPSA) is 46.2 Å². The molecule has 0 aliphatic carbocycles. The van der Waals surface area contributed by atoms with Crippen LogP contribution in [-0.2, 0) is 10.0 Å². The Morgan fingerprint density at radius 3 is 2.31 bits per heavy atom. The van der Waals surface area contributed by atoms with Crippen molar-refractivity contribution in [2.24, 2.45) is 5.41 Å². The standard InChI is InChI=1S/C8H18ClNO2S/c1-8(2,5-4-6-9)7-10-13(3,11)12/h10H,4-7H2,1-3H3. The van der Waals surface area contributed by atoms with Crippen LogP contribution in [0.15, 0.2) is 0 Å². The zero-order chi connectivity index (χ0) is 10.5. The summed E-state index contributed by atoms with van der Waals surface area (Å²) in [5.41, 5.74) is -0.0159. The largest absolute Gasteiger partial charge is 0.215 e. The van der Waals surface area contributed by atoms with Crippen LogP contribution >= 0.6 is 11.6 Å². The smallest absolute Gasteiger partial charge is 0.208 e. The third-order valence-electron chi connectivity index (χ3n) is 1.80. The van der Waals surface area contributed by atoms with Gasteiger partial charge in [0.15, 0.2) is 0 Å². The molecule has 0 aliphatic heterocycles. The van der Waals surface area contributed by atoms with Crippen molar-refractivity contribution in [2.45, 2.75) is 26.7 Å². The second-order valence-corrected chi connectivity index (χ2v) is 6.26. The third kappa shape index (κ3) is 8.53. The quantitative estimate of drug-likeness (QED) is 0.701. The summed E-state index contributed by atoms with van der Waals surface area (Å²) in [7, 11) is -3.07. The zero-order valence-electron chi connectivity index (χ0n) is 8.43. The first-order chi connectivity index (χ1) is 5.77. The summed E-state index contributed by atoms with van der Waals surface area (Å²) in [6.45, 7) is 4.53. The molecule has 0 aromatic carbocycles. The molecule has 0 bridgehead atoms. The van der Waals surface area contributed by atoms with Crippen LogP contribution in [0.2, 0.25) is 0 Å². The summed E-state index contributed by atoms with van der Waals surface area (Å²) in [6.07, 6.45) is 3.02. The van der Waals surface area contributed by atoms with E-state index in [1.807, 2.05) is 13.8 Å². The number of hydrogen-bond acceptors (Lipinski definition) is 2. The predicted octanol–water partition coefficient (Wildman–Crippen LogP) is 1.58. The number of rotatable bonds is 6. The van der Waals surface area contributed by atoms with Gasteiger partial charge < -0.3 is 0 Å². The van der Waals surface area contributed by atoms with Gasteiger partial charge >= 0.3 is 0 Å². The van der Waals surface area contributed by atoms with Crippen molar-refractivity contribution in [2.75, 3.05) is 18.7 Å². The first-order valence-corrected chi connectivity index (χ1v) is 6.70. The van der Waals surface area contributed by atoms with Crippen molar-refractivity contribution in [1.82, 2.24) is 4.72 Å². The lowest BCUT2D eigenvalue weighted by Gasteiger charge is -2.23. The molecule has 0 saturated carbocycles. The molecule has 0 spiro atoms. The summed E-state index contributed by atoms with van der Waals surface area (Å²) in [5.74, 6) is 0.627. The average Bonchev–Trinajstić information content (AvgIpc) is 1.97. The van der Waals surface area contributed by atoms with Crippen molar-refractivity contribution in [3.8, 4) is 0 Å². The van der Waals surface area contributed by atoms with Crippen LogP contribution in [0, 0.1) is 5.41 Å². The van der Waals surface area contributed by atoms with Gasteiger partial charge in [-0.15, -0.1) is 11.6 Å². The van der Waals surface area contributed by atoms with Crippen LogP contribution in [-0.4, -0.2) is 27.1 Å². The molecule has 0 amide bonds. The Hall–Kier alpha value is 0.200. The van der Waals surface area contributed by atoms with Crippen LogP contribution < -0.4 is 4.72 Å². The van der Waals surface area contributed by atoms with Crippen molar-refractivity contribution in [3.05, 3.63) is 0 Å². The molecule has 0 atom stereocenters. The van der Waals surface area contributed by atoms with Gasteiger partial charge in [0.25, 0.3) is 0 Å². The van der Waals surface area contributed by atoms with Crippen LogP contribution in [0.1, 0.15) is 26.7 Å². The molecule has 3 nitrogen and oxygen atoms in total. The van der Waals surface area contributed by atoms with Crippen LogP contribution in [0.25, 0.3) is 0 Å². The van der Waals surface area contributed by atoms with Gasteiger partial charge in [0.2, 0.25) is 10.0 Å². The first-order valence-electron chi connectivity index (χ1n) is 4.27. The van der Waals surface area contributed by atoms with Crippen LogP contribution in [0.4, 0.5) is 0 Å². The Balaban J connectivity index is 3.89. The van der Waals surface area contributed by atoms with E-state index in [0.29, 0.717) is 12.4 Å². The molecule has 0 fully saturated rings. The van der Waals surface area contributed by atoms with Gasteiger partial charge in [-0.25, -0.2) is 13.1 Å². The highest BCUT2D eigenvalue weighted by atomic mass is 35.5. The van der Waals surface area contributed by atoms with E-state index in [0.717, 1.165) is 12.8 Å². The number of sulfonamides is 1. The van der Waals surface area contributed by atoms with E-state index >= 15 is 0 Å². The summed E-state index contributed by atoms with van der Waals surface area (Å²) in [6, 6.07) is 0. The lowest BCUT2D eigenvalue weighted by atomic mass is 9.88. The summed E-state index contributed by atoms with van der Waals surface area (Å²) < 4.78 is 24.1. The minimum Gasteiger partial charge on any atom is -0.215 e. The Bertz CT molecular complexity index is 237. The molecule has 80 valence electrons. The Kier molecular flexibility index (Phi) is 5.25. The van der Waals surface area contributed by atoms with E-state index in [2.05, 4.69) is 4.72 Å². The van der Waals surface area contributed by atoms with Gasteiger partial charge in [-0.3, -0.25) is 0 Å². The number of alkyl halides is 1. The van der Waals surface area contributed by atoms with E-state index in [1.54, 1.807) is 0 Å².